The van der Waals surface area contributed by atoms with Gasteiger partial charge in [-0.3, -0.25) is 15.0 Å². The number of aromatic nitrogens is 2. The number of rotatable bonds is 5. The highest BCUT2D eigenvalue weighted by molar-refractivity contribution is 6.05. The van der Waals surface area contributed by atoms with E-state index in [-0.39, 0.29) is 24.2 Å². The Labute approximate surface area is 166 Å². The highest BCUT2D eigenvalue weighted by Crippen LogP contribution is 2.39. The molecule has 152 valence electrons. The Hall–Kier alpha value is -3.10. The number of amides is 2. The van der Waals surface area contributed by atoms with E-state index < -0.39 is 18.1 Å². The fraction of sp³-hybridized carbons (Fsp3) is 0.400. The number of Topliss-reactive ketones (excluding diaryl/α,β-unsaturated/α-hetero) is 1. The van der Waals surface area contributed by atoms with E-state index in [2.05, 4.69) is 20.2 Å². The number of pyridine rings is 2. The van der Waals surface area contributed by atoms with E-state index in [1.54, 1.807) is 41.4 Å². The summed E-state index contributed by atoms with van der Waals surface area (Å²) >= 11 is 0. The first-order chi connectivity index (χ1) is 13.8. The minimum atomic E-state index is -2.91. The van der Waals surface area contributed by atoms with Crippen LogP contribution in [-0.4, -0.2) is 46.8 Å². The molecule has 0 spiro atoms. The van der Waals surface area contributed by atoms with Gasteiger partial charge in [0, 0.05) is 32.1 Å². The van der Waals surface area contributed by atoms with Gasteiger partial charge in [-0.15, -0.1) is 0 Å². The average Bonchev–Trinajstić information content (AvgIpc) is 3.10. The van der Waals surface area contributed by atoms with Crippen molar-refractivity contribution in [2.24, 2.45) is 0 Å². The van der Waals surface area contributed by atoms with Crippen molar-refractivity contribution < 1.29 is 18.4 Å². The molecule has 4 heterocycles. The van der Waals surface area contributed by atoms with Crippen LogP contribution in [0.25, 0.3) is 0 Å². The molecule has 0 aromatic carbocycles. The largest absolute Gasteiger partial charge is 0.366 e. The number of carbonyl (C=O) groups excluding carboxylic acids is 2. The Balaban J connectivity index is 1.62. The van der Waals surface area contributed by atoms with Crippen molar-refractivity contribution in [2.75, 3.05) is 28.2 Å². The number of nitrogens with one attached hydrogen (secondary N) is 1. The van der Waals surface area contributed by atoms with E-state index in [4.69, 9.17) is 0 Å². The van der Waals surface area contributed by atoms with Gasteiger partial charge in [0.1, 0.15) is 11.5 Å². The number of urea groups is 1. The quantitative estimate of drug-likeness (QED) is 0.773. The van der Waals surface area contributed by atoms with Crippen LogP contribution in [0.2, 0.25) is 0 Å². The van der Waals surface area contributed by atoms with Crippen LogP contribution >= 0.6 is 0 Å². The van der Waals surface area contributed by atoms with Gasteiger partial charge >= 0.3 is 6.03 Å². The first-order valence-electron chi connectivity index (χ1n) is 9.50. The predicted molar refractivity (Wildman–Crippen MR) is 105 cm³/mol. The van der Waals surface area contributed by atoms with Gasteiger partial charge in [-0.25, -0.2) is 23.5 Å². The Morgan fingerprint density at radius 1 is 1.28 bits per heavy atom. The number of ketones is 1. The molecule has 0 unspecified atom stereocenters. The van der Waals surface area contributed by atoms with Crippen LogP contribution in [-0.2, 0) is 0 Å². The van der Waals surface area contributed by atoms with Crippen LogP contribution in [0.15, 0.2) is 36.5 Å². The molecule has 2 aliphatic rings. The zero-order chi connectivity index (χ0) is 20.6. The molecule has 2 aliphatic heterocycles. The Morgan fingerprint density at radius 3 is 2.83 bits per heavy atom. The average molecular weight is 401 g/mol. The summed E-state index contributed by atoms with van der Waals surface area (Å²) < 4.78 is 26.2. The molecule has 29 heavy (non-hydrogen) atoms. The molecule has 2 aromatic rings. The maximum absolute atomic E-state index is 13.1. The van der Waals surface area contributed by atoms with E-state index in [9.17, 15) is 18.4 Å². The summed E-state index contributed by atoms with van der Waals surface area (Å²) in [5.74, 6) is -2.59. The van der Waals surface area contributed by atoms with Crippen molar-refractivity contribution in [2.45, 2.75) is 38.2 Å². The highest BCUT2D eigenvalue weighted by Gasteiger charge is 2.40. The second-order valence-electron chi connectivity index (χ2n) is 7.44. The number of fused-ring (bicyclic) bond motifs is 4. The first-order valence-corrected chi connectivity index (χ1v) is 9.50. The molecule has 1 saturated heterocycles. The van der Waals surface area contributed by atoms with Gasteiger partial charge in [-0.1, -0.05) is 6.07 Å². The lowest BCUT2D eigenvalue weighted by Gasteiger charge is -2.35. The van der Waals surface area contributed by atoms with Crippen molar-refractivity contribution in [3.63, 3.8) is 0 Å². The third-order valence-corrected chi connectivity index (χ3v) is 5.15. The number of hydrogen-bond donors (Lipinski definition) is 1. The number of nitrogens with zero attached hydrogens (tertiary/aromatic N) is 4. The number of alkyl halides is 2. The van der Waals surface area contributed by atoms with Crippen LogP contribution in [0.1, 0.15) is 36.7 Å². The van der Waals surface area contributed by atoms with Crippen molar-refractivity contribution in [3.8, 4) is 0 Å². The second kappa shape index (κ2) is 7.38. The third kappa shape index (κ3) is 4.03. The summed E-state index contributed by atoms with van der Waals surface area (Å²) in [5, 5.41) is 2.76. The standard InChI is InChI=1S/C20H21F2N5O2/c1-20(21,22)9-7-16(28)14-5-6-15-18(24-14)27(13-8-11-26(15)12-13)19(29)25-17-4-2-3-10-23-17/h2-6,10,13H,7-9,11-12H2,1H3,(H,23,25,29)/t13-/m0/s1. The topological polar surface area (TPSA) is 78.4 Å². The maximum Gasteiger partial charge on any atom is 0.329 e. The van der Waals surface area contributed by atoms with Gasteiger partial charge in [0.15, 0.2) is 11.6 Å². The van der Waals surface area contributed by atoms with Crippen molar-refractivity contribution in [1.82, 2.24) is 9.97 Å². The van der Waals surface area contributed by atoms with Crippen LogP contribution in [0.3, 0.4) is 0 Å². The number of halogens is 2. The molecule has 4 rings (SSSR count). The van der Waals surface area contributed by atoms with Crippen LogP contribution in [0.5, 0.6) is 0 Å². The maximum atomic E-state index is 13.1. The molecule has 7 nitrogen and oxygen atoms in total. The normalized spacial score (nSPS) is 17.8. The SMILES string of the molecule is CC(F)(F)CCC(=O)c1ccc2c(n1)N(C(=O)Nc1ccccn1)[C@H]1CCN2C1. The molecule has 9 heteroatoms. The molecule has 2 bridgehead atoms. The molecule has 1 fully saturated rings. The smallest absolute Gasteiger partial charge is 0.329 e. The minimum Gasteiger partial charge on any atom is -0.366 e. The van der Waals surface area contributed by atoms with E-state index in [0.29, 0.717) is 18.2 Å². The Bertz CT molecular complexity index is 932. The van der Waals surface area contributed by atoms with Gasteiger partial charge in [0.05, 0.1) is 11.7 Å². The molecular weight excluding hydrogens is 380 g/mol. The summed E-state index contributed by atoms with van der Waals surface area (Å²) in [4.78, 5) is 37.6. The highest BCUT2D eigenvalue weighted by atomic mass is 19.3. The zero-order valence-electron chi connectivity index (χ0n) is 15.9. The fourth-order valence-electron chi connectivity index (χ4n) is 3.69. The molecule has 0 radical (unpaired) electrons. The number of hydrogen-bond acceptors (Lipinski definition) is 5. The zero-order valence-corrected chi connectivity index (χ0v) is 15.9. The van der Waals surface area contributed by atoms with E-state index >= 15 is 0 Å². The lowest BCUT2D eigenvalue weighted by atomic mass is 10.1. The van der Waals surface area contributed by atoms with Crippen LogP contribution in [0, 0.1) is 0 Å². The van der Waals surface area contributed by atoms with Gasteiger partial charge < -0.3 is 4.90 Å². The molecule has 1 N–H and O–H groups in total. The van der Waals surface area contributed by atoms with Gasteiger partial charge in [0.25, 0.3) is 0 Å². The molecule has 2 aromatic heterocycles. The minimum absolute atomic E-state index is 0.0796. The summed E-state index contributed by atoms with van der Waals surface area (Å²) in [6, 6.07) is 8.02. The molecule has 1 atom stereocenters. The van der Waals surface area contributed by atoms with Crippen molar-refractivity contribution in [1.29, 1.82) is 0 Å². The monoisotopic (exact) mass is 401 g/mol. The Kier molecular flexibility index (Phi) is 4.89. The summed E-state index contributed by atoms with van der Waals surface area (Å²) in [6.07, 6.45) is 1.51. The molecular formula is C20H21F2N5O2. The van der Waals surface area contributed by atoms with Crippen molar-refractivity contribution in [3.05, 3.63) is 42.2 Å². The van der Waals surface area contributed by atoms with Crippen molar-refractivity contribution >= 4 is 29.1 Å². The van der Waals surface area contributed by atoms with Crippen LogP contribution in [0.4, 0.5) is 30.9 Å². The fourth-order valence-corrected chi connectivity index (χ4v) is 3.69. The molecule has 0 saturated carbocycles. The third-order valence-electron chi connectivity index (χ3n) is 5.15. The number of anilines is 3. The first kappa shape index (κ1) is 19.2. The number of carbonyl (C=O) groups is 2. The lowest BCUT2D eigenvalue weighted by molar-refractivity contribution is 0.0113. The van der Waals surface area contributed by atoms with Gasteiger partial charge in [-0.05, 0) is 37.6 Å². The van der Waals surface area contributed by atoms with E-state index in [1.807, 2.05) is 0 Å². The van der Waals surface area contributed by atoms with E-state index in [1.165, 1.54) is 0 Å². The summed E-state index contributed by atoms with van der Waals surface area (Å²) in [7, 11) is 0. The molecule has 0 aliphatic carbocycles. The molecule has 2 amide bonds. The van der Waals surface area contributed by atoms with Gasteiger partial charge in [0.2, 0.25) is 5.92 Å². The van der Waals surface area contributed by atoms with Crippen LogP contribution < -0.4 is 15.1 Å². The predicted octanol–water partition coefficient (Wildman–Crippen LogP) is 3.73. The van der Waals surface area contributed by atoms with E-state index in [0.717, 1.165) is 25.6 Å². The second-order valence-corrected chi connectivity index (χ2v) is 7.44. The summed E-state index contributed by atoms with van der Waals surface area (Å²) in [6.45, 7) is 2.25. The lowest BCUT2D eigenvalue weighted by Crippen LogP contribution is -2.48. The summed E-state index contributed by atoms with van der Waals surface area (Å²) in [5.41, 5.74) is 0.846. The Morgan fingerprint density at radius 2 is 2.10 bits per heavy atom. The van der Waals surface area contributed by atoms with Gasteiger partial charge in [-0.2, -0.15) is 0 Å².